The predicted molar refractivity (Wildman–Crippen MR) is 80.8 cm³/mol. The van der Waals surface area contributed by atoms with Crippen LogP contribution in [-0.4, -0.2) is 23.2 Å². The molecule has 21 heavy (non-hydrogen) atoms. The summed E-state index contributed by atoms with van der Waals surface area (Å²) < 4.78 is 5.38. The van der Waals surface area contributed by atoms with Crippen molar-refractivity contribution in [1.82, 2.24) is 4.98 Å². The second-order valence-corrected chi connectivity index (χ2v) is 5.05. The van der Waals surface area contributed by atoms with Crippen molar-refractivity contribution in [3.05, 3.63) is 58.9 Å². The molecule has 0 aliphatic rings. The van der Waals surface area contributed by atoms with Gasteiger partial charge in [0.2, 0.25) is 0 Å². The smallest absolute Gasteiger partial charge is 0.311 e. The number of carboxylic acids is 1. The second kappa shape index (κ2) is 6.39. The third-order valence-electron chi connectivity index (χ3n) is 3.65. The number of hydrogen-bond acceptors (Lipinski definition) is 3. The molecular weight excluding hydrogens is 266 g/mol. The molecule has 0 radical (unpaired) electrons. The molecule has 0 aliphatic carbocycles. The highest BCUT2D eigenvalue weighted by Crippen LogP contribution is 2.28. The third kappa shape index (κ3) is 3.21. The summed E-state index contributed by atoms with van der Waals surface area (Å²) in [6.07, 6.45) is 2.08. The van der Waals surface area contributed by atoms with Crippen molar-refractivity contribution < 1.29 is 14.6 Å². The van der Waals surface area contributed by atoms with Crippen LogP contribution < -0.4 is 4.74 Å². The van der Waals surface area contributed by atoms with Gasteiger partial charge in [-0.05, 0) is 19.4 Å². The lowest BCUT2D eigenvalue weighted by Crippen LogP contribution is -2.16. The van der Waals surface area contributed by atoms with Crippen LogP contribution in [-0.2, 0) is 11.2 Å². The van der Waals surface area contributed by atoms with Crippen LogP contribution in [0.3, 0.4) is 0 Å². The van der Waals surface area contributed by atoms with Gasteiger partial charge in [-0.2, -0.15) is 0 Å². The minimum atomic E-state index is -0.845. The van der Waals surface area contributed by atoms with E-state index < -0.39 is 11.9 Å². The SMILES string of the molecule is COc1c(C)cnc(CC(C(=O)O)c2ccccc2)c1C. The molecule has 4 heteroatoms. The average Bonchev–Trinajstić information content (AvgIpc) is 2.47. The Morgan fingerprint density at radius 3 is 2.52 bits per heavy atom. The molecule has 0 saturated carbocycles. The molecule has 0 aliphatic heterocycles. The summed E-state index contributed by atoms with van der Waals surface area (Å²) >= 11 is 0. The number of hydrogen-bond donors (Lipinski definition) is 1. The molecule has 1 unspecified atom stereocenters. The second-order valence-electron chi connectivity index (χ2n) is 5.05. The lowest BCUT2D eigenvalue weighted by Gasteiger charge is -2.16. The minimum absolute atomic E-state index is 0.349. The molecule has 1 atom stereocenters. The number of methoxy groups -OCH3 is 1. The van der Waals surface area contributed by atoms with Crippen molar-refractivity contribution in [2.45, 2.75) is 26.2 Å². The average molecular weight is 285 g/mol. The van der Waals surface area contributed by atoms with Gasteiger partial charge in [-0.1, -0.05) is 30.3 Å². The van der Waals surface area contributed by atoms with Crippen molar-refractivity contribution in [3.8, 4) is 5.75 Å². The van der Waals surface area contributed by atoms with E-state index in [1.54, 1.807) is 13.3 Å². The molecule has 0 spiro atoms. The van der Waals surface area contributed by atoms with Gasteiger partial charge in [0.15, 0.2) is 0 Å². The van der Waals surface area contributed by atoms with E-state index in [0.29, 0.717) is 6.42 Å². The Morgan fingerprint density at radius 1 is 1.29 bits per heavy atom. The lowest BCUT2D eigenvalue weighted by atomic mass is 9.92. The Balaban J connectivity index is 2.37. The van der Waals surface area contributed by atoms with Crippen LogP contribution in [0.1, 0.15) is 28.3 Å². The first-order valence-corrected chi connectivity index (χ1v) is 6.81. The van der Waals surface area contributed by atoms with Crippen LogP contribution in [0.2, 0.25) is 0 Å². The van der Waals surface area contributed by atoms with E-state index in [-0.39, 0.29) is 0 Å². The molecule has 0 amide bonds. The number of rotatable bonds is 5. The number of aryl methyl sites for hydroxylation is 1. The molecule has 2 aromatic rings. The zero-order valence-electron chi connectivity index (χ0n) is 12.5. The molecule has 110 valence electrons. The number of nitrogens with zero attached hydrogens (tertiary/aromatic N) is 1. The lowest BCUT2D eigenvalue weighted by molar-refractivity contribution is -0.138. The summed E-state index contributed by atoms with van der Waals surface area (Å²) in [5.41, 5.74) is 3.39. The number of carboxylic acid groups (broad SMARTS) is 1. The van der Waals surface area contributed by atoms with Gasteiger partial charge in [0.1, 0.15) is 5.75 Å². The Morgan fingerprint density at radius 2 is 1.95 bits per heavy atom. The fraction of sp³-hybridized carbons (Fsp3) is 0.294. The Hall–Kier alpha value is -2.36. The van der Waals surface area contributed by atoms with Gasteiger partial charge in [-0.15, -0.1) is 0 Å². The molecule has 1 heterocycles. The normalized spacial score (nSPS) is 12.0. The molecule has 1 N–H and O–H groups in total. The van der Waals surface area contributed by atoms with E-state index in [9.17, 15) is 9.90 Å². The number of pyridine rings is 1. The Bertz CT molecular complexity index is 638. The summed E-state index contributed by atoms with van der Waals surface area (Å²) in [5.74, 6) is -0.677. The van der Waals surface area contributed by atoms with E-state index in [0.717, 1.165) is 28.1 Å². The van der Waals surface area contributed by atoms with E-state index in [1.165, 1.54) is 0 Å². The summed E-state index contributed by atoms with van der Waals surface area (Å²) in [5, 5.41) is 9.50. The van der Waals surface area contributed by atoms with Gasteiger partial charge < -0.3 is 9.84 Å². The van der Waals surface area contributed by atoms with Crippen LogP contribution >= 0.6 is 0 Å². The zero-order chi connectivity index (χ0) is 15.4. The van der Waals surface area contributed by atoms with Crippen molar-refractivity contribution in [2.24, 2.45) is 0 Å². The van der Waals surface area contributed by atoms with Crippen molar-refractivity contribution in [2.75, 3.05) is 7.11 Å². The van der Waals surface area contributed by atoms with Crippen LogP contribution in [0.4, 0.5) is 0 Å². The number of benzene rings is 1. The summed E-state index contributed by atoms with van der Waals surface area (Å²) in [4.78, 5) is 16.0. The van der Waals surface area contributed by atoms with Crippen molar-refractivity contribution >= 4 is 5.97 Å². The van der Waals surface area contributed by atoms with E-state index in [2.05, 4.69) is 4.98 Å². The highest BCUT2D eigenvalue weighted by atomic mass is 16.5. The maximum Gasteiger partial charge on any atom is 0.311 e. The van der Waals surface area contributed by atoms with E-state index in [1.807, 2.05) is 44.2 Å². The summed E-state index contributed by atoms with van der Waals surface area (Å²) in [7, 11) is 1.62. The molecule has 0 saturated heterocycles. The first-order chi connectivity index (χ1) is 10.0. The van der Waals surface area contributed by atoms with Crippen LogP contribution in [0.25, 0.3) is 0 Å². The van der Waals surface area contributed by atoms with E-state index >= 15 is 0 Å². The highest BCUT2D eigenvalue weighted by Gasteiger charge is 2.22. The molecule has 1 aromatic heterocycles. The Kier molecular flexibility index (Phi) is 4.58. The van der Waals surface area contributed by atoms with Gasteiger partial charge in [-0.25, -0.2) is 0 Å². The fourth-order valence-corrected chi connectivity index (χ4v) is 2.50. The van der Waals surface area contributed by atoms with Gasteiger partial charge in [-0.3, -0.25) is 9.78 Å². The van der Waals surface area contributed by atoms with Gasteiger partial charge in [0.25, 0.3) is 0 Å². The van der Waals surface area contributed by atoms with Gasteiger partial charge in [0, 0.05) is 29.4 Å². The maximum atomic E-state index is 11.6. The third-order valence-corrected chi connectivity index (χ3v) is 3.65. The largest absolute Gasteiger partial charge is 0.496 e. The minimum Gasteiger partial charge on any atom is -0.496 e. The van der Waals surface area contributed by atoms with Gasteiger partial charge >= 0.3 is 5.97 Å². The fourth-order valence-electron chi connectivity index (χ4n) is 2.50. The zero-order valence-corrected chi connectivity index (χ0v) is 12.5. The highest BCUT2D eigenvalue weighted by molar-refractivity contribution is 5.76. The molecule has 0 bridgehead atoms. The monoisotopic (exact) mass is 285 g/mol. The predicted octanol–water partition coefficient (Wildman–Crippen LogP) is 3.12. The number of carbonyl (C=O) groups is 1. The first kappa shape index (κ1) is 15.0. The number of aliphatic carboxylic acids is 1. The van der Waals surface area contributed by atoms with Crippen LogP contribution in [0.15, 0.2) is 36.5 Å². The molecular formula is C17H19NO3. The topological polar surface area (TPSA) is 59.4 Å². The van der Waals surface area contributed by atoms with Crippen molar-refractivity contribution in [1.29, 1.82) is 0 Å². The summed E-state index contributed by atoms with van der Waals surface area (Å²) in [6, 6.07) is 9.24. The summed E-state index contributed by atoms with van der Waals surface area (Å²) in [6.45, 7) is 3.84. The number of ether oxygens (including phenoxy) is 1. The quantitative estimate of drug-likeness (QED) is 0.917. The molecule has 2 rings (SSSR count). The standard InChI is InChI=1S/C17H19NO3/c1-11-10-18-15(12(2)16(11)21-3)9-14(17(19)20)13-7-5-4-6-8-13/h4-8,10,14H,9H2,1-3H3,(H,19,20). The molecule has 4 nitrogen and oxygen atoms in total. The van der Waals surface area contributed by atoms with Crippen molar-refractivity contribution in [3.63, 3.8) is 0 Å². The van der Waals surface area contributed by atoms with Gasteiger partial charge in [0.05, 0.1) is 13.0 Å². The Labute approximate surface area is 124 Å². The molecule has 0 fully saturated rings. The maximum absolute atomic E-state index is 11.6. The molecule has 1 aromatic carbocycles. The van der Waals surface area contributed by atoms with E-state index in [4.69, 9.17) is 4.74 Å². The van der Waals surface area contributed by atoms with Crippen LogP contribution in [0.5, 0.6) is 5.75 Å². The van der Waals surface area contributed by atoms with Crippen LogP contribution in [0, 0.1) is 13.8 Å². The first-order valence-electron chi connectivity index (χ1n) is 6.81. The number of aromatic nitrogens is 1.